The van der Waals surface area contributed by atoms with E-state index in [1.54, 1.807) is 41.9 Å². The number of nitriles is 1. The third-order valence-electron chi connectivity index (χ3n) is 3.35. The average Bonchev–Trinajstić information content (AvgIpc) is 2.95. The Kier molecular flexibility index (Phi) is 3.66. The first-order chi connectivity index (χ1) is 10.6. The molecule has 0 amide bonds. The second-order valence-corrected chi connectivity index (χ2v) is 5.32. The molecule has 0 N–H and O–H groups in total. The quantitative estimate of drug-likeness (QED) is 0.698. The summed E-state index contributed by atoms with van der Waals surface area (Å²) >= 11 is 5.90. The highest BCUT2D eigenvalue weighted by molar-refractivity contribution is 6.30. The molecule has 0 fully saturated rings. The van der Waals surface area contributed by atoms with E-state index in [1.807, 2.05) is 18.2 Å². The SMILES string of the molecule is Cc1cc(-c2cc(C#N)nn2-c2ccc(Cl)cc2)ccc1F. The molecule has 0 aliphatic rings. The zero-order chi connectivity index (χ0) is 15.7. The van der Waals surface area contributed by atoms with Gasteiger partial charge in [0, 0.05) is 16.7 Å². The van der Waals surface area contributed by atoms with Crippen molar-refractivity contribution in [1.82, 2.24) is 9.78 Å². The molecule has 1 aromatic heterocycles. The summed E-state index contributed by atoms with van der Waals surface area (Å²) in [6.07, 6.45) is 0. The van der Waals surface area contributed by atoms with Crippen molar-refractivity contribution in [3.05, 3.63) is 70.6 Å². The van der Waals surface area contributed by atoms with Crippen LogP contribution in [-0.2, 0) is 0 Å². The Hall–Kier alpha value is -2.64. The standard InChI is InChI=1S/C17H11ClFN3/c1-11-8-12(2-7-16(11)19)17-9-14(10-20)21-22(17)15-5-3-13(18)4-6-15/h2-9H,1H3. The highest BCUT2D eigenvalue weighted by Gasteiger charge is 2.12. The van der Waals surface area contributed by atoms with Gasteiger partial charge in [0.2, 0.25) is 0 Å². The molecule has 0 saturated heterocycles. The van der Waals surface area contributed by atoms with E-state index in [0.29, 0.717) is 16.3 Å². The highest BCUT2D eigenvalue weighted by Crippen LogP contribution is 2.26. The molecule has 3 nitrogen and oxygen atoms in total. The molecule has 1 heterocycles. The fraction of sp³-hybridized carbons (Fsp3) is 0.0588. The largest absolute Gasteiger partial charge is 0.232 e. The second-order valence-electron chi connectivity index (χ2n) is 4.88. The molecular weight excluding hydrogens is 301 g/mol. The van der Waals surface area contributed by atoms with E-state index in [-0.39, 0.29) is 5.82 Å². The molecule has 5 heteroatoms. The Morgan fingerprint density at radius 2 is 1.86 bits per heavy atom. The van der Waals surface area contributed by atoms with Crippen LogP contribution in [0.2, 0.25) is 5.02 Å². The first-order valence-electron chi connectivity index (χ1n) is 6.61. The summed E-state index contributed by atoms with van der Waals surface area (Å²) < 4.78 is 15.1. The lowest BCUT2D eigenvalue weighted by atomic mass is 10.1. The van der Waals surface area contributed by atoms with Crippen molar-refractivity contribution in [2.24, 2.45) is 0 Å². The first-order valence-corrected chi connectivity index (χ1v) is 6.99. The molecule has 0 aliphatic carbocycles. The number of benzene rings is 2. The molecule has 3 rings (SSSR count). The van der Waals surface area contributed by atoms with Gasteiger partial charge < -0.3 is 0 Å². The Bertz CT molecular complexity index is 876. The lowest BCUT2D eigenvalue weighted by Gasteiger charge is -2.08. The number of hydrogen-bond donors (Lipinski definition) is 0. The van der Waals surface area contributed by atoms with Crippen LogP contribution in [0.1, 0.15) is 11.3 Å². The van der Waals surface area contributed by atoms with Crippen LogP contribution in [0.5, 0.6) is 0 Å². The van der Waals surface area contributed by atoms with Crippen molar-refractivity contribution in [3.63, 3.8) is 0 Å². The zero-order valence-electron chi connectivity index (χ0n) is 11.7. The molecule has 0 spiro atoms. The van der Waals surface area contributed by atoms with Gasteiger partial charge >= 0.3 is 0 Å². The van der Waals surface area contributed by atoms with Gasteiger partial charge in [0.15, 0.2) is 5.69 Å². The van der Waals surface area contributed by atoms with Crippen LogP contribution < -0.4 is 0 Å². The summed E-state index contributed by atoms with van der Waals surface area (Å²) in [5.74, 6) is -0.262. The Labute approximate surface area is 132 Å². The first kappa shape index (κ1) is 14.3. The molecule has 22 heavy (non-hydrogen) atoms. The van der Waals surface area contributed by atoms with E-state index in [0.717, 1.165) is 16.9 Å². The van der Waals surface area contributed by atoms with E-state index in [2.05, 4.69) is 5.10 Å². The van der Waals surface area contributed by atoms with Crippen LogP contribution in [0.4, 0.5) is 4.39 Å². The molecule has 2 aromatic carbocycles. The predicted octanol–water partition coefficient (Wildman–Crippen LogP) is 4.51. The van der Waals surface area contributed by atoms with Gasteiger partial charge in [0.05, 0.1) is 11.4 Å². The molecule has 0 aliphatic heterocycles. The maximum Gasteiger partial charge on any atom is 0.163 e. The summed E-state index contributed by atoms with van der Waals surface area (Å²) in [7, 11) is 0. The van der Waals surface area contributed by atoms with Crippen molar-refractivity contribution in [2.75, 3.05) is 0 Å². The van der Waals surface area contributed by atoms with Gasteiger partial charge in [-0.3, -0.25) is 0 Å². The topological polar surface area (TPSA) is 41.6 Å². The van der Waals surface area contributed by atoms with Crippen LogP contribution in [0, 0.1) is 24.1 Å². The predicted molar refractivity (Wildman–Crippen MR) is 83.4 cm³/mol. The third-order valence-corrected chi connectivity index (χ3v) is 3.60. The summed E-state index contributed by atoms with van der Waals surface area (Å²) in [5.41, 5.74) is 3.14. The fourth-order valence-electron chi connectivity index (χ4n) is 2.22. The number of rotatable bonds is 2. The van der Waals surface area contributed by atoms with Gasteiger partial charge in [-0.05, 0) is 55.0 Å². The van der Waals surface area contributed by atoms with Crippen LogP contribution in [-0.4, -0.2) is 9.78 Å². The summed E-state index contributed by atoms with van der Waals surface area (Å²) in [5, 5.41) is 14.0. The third kappa shape index (κ3) is 2.59. The van der Waals surface area contributed by atoms with Gasteiger partial charge in [-0.1, -0.05) is 11.6 Å². The zero-order valence-corrected chi connectivity index (χ0v) is 12.5. The van der Waals surface area contributed by atoms with Gasteiger partial charge in [-0.2, -0.15) is 10.4 Å². The van der Waals surface area contributed by atoms with Crippen LogP contribution in [0.3, 0.4) is 0 Å². The summed E-state index contributed by atoms with van der Waals surface area (Å²) in [6, 6.07) is 15.7. The molecule has 108 valence electrons. The Morgan fingerprint density at radius 1 is 1.14 bits per heavy atom. The lowest BCUT2D eigenvalue weighted by Crippen LogP contribution is -1.99. The molecule has 0 atom stereocenters. The van der Waals surface area contributed by atoms with Gasteiger partial charge in [-0.25, -0.2) is 9.07 Å². The van der Waals surface area contributed by atoms with Crippen molar-refractivity contribution in [2.45, 2.75) is 6.92 Å². The highest BCUT2D eigenvalue weighted by atomic mass is 35.5. The normalized spacial score (nSPS) is 10.5. The number of halogens is 2. The number of hydrogen-bond acceptors (Lipinski definition) is 2. The summed E-state index contributed by atoms with van der Waals surface area (Å²) in [6.45, 7) is 1.70. The Morgan fingerprint density at radius 3 is 2.50 bits per heavy atom. The van der Waals surface area contributed by atoms with Crippen molar-refractivity contribution in [1.29, 1.82) is 5.26 Å². The van der Waals surface area contributed by atoms with Gasteiger partial charge in [-0.15, -0.1) is 0 Å². The van der Waals surface area contributed by atoms with E-state index in [1.165, 1.54) is 6.07 Å². The number of aryl methyl sites for hydroxylation is 1. The van der Waals surface area contributed by atoms with Crippen molar-refractivity contribution in [3.8, 4) is 23.0 Å². The van der Waals surface area contributed by atoms with Crippen LogP contribution >= 0.6 is 11.6 Å². The summed E-state index contributed by atoms with van der Waals surface area (Å²) in [4.78, 5) is 0. The maximum absolute atomic E-state index is 13.5. The van der Waals surface area contributed by atoms with Gasteiger partial charge in [0.25, 0.3) is 0 Å². The lowest BCUT2D eigenvalue weighted by molar-refractivity contribution is 0.618. The number of nitrogens with zero attached hydrogens (tertiary/aromatic N) is 3. The van der Waals surface area contributed by atoms with E-state index in [9.17, 15) is 4.39 Å². The monoisotopic (exact) mass is 311 g/mol. The van der Waals surface area contributed by atoms with Crippen molar-refractivity contribution >= 4 is 11.6 Å². The smallest absolute Gasteiger partial charge is 0.163 e. The molecule has 0 saturated carbocycles. The van der Waals surface area contributed by atoms with E-state index in [4.69, 9.17) is 16.9 Å². The van der Waals surface area contributed by atoms with E-state index >= 15 is 0 Å². The molecule has 3 aromatic rings. The number of aromatic nitrogens is 2. The minimum atomic E-state index is -0.262. The minimum Gasteiger partial charge on any atom is -0.232 e. The molecular formula is C17H11ClFN3. The Balaban J connectivity index is 2.18. The molecule has 0 bridgehead atoms. The second kappa shape index (κ2) is 5.63. The van der Waals surface area contributed by atoms with Crippen molar-refractivity contribution < 1.29 is 4.39 Å². The average molecular weight is 312 g/mol. The fourth-order valence-corrected chi connectivity index (χ4v) is 2.35. The maximum atomic E-state index is 13.5. The van der Waals surface area contributed by atoms with Crippen LogP contribution in [0.15, 0.2) is 48.5 Å². The van der Waals surface area contributed by atoms with E-state index < -0.39 is 0 Å². The minimum absolute atomic E-state index is 0.262. The van der Waals surface area contributed by atoms with Gasteiger partial charge in [0.1, 0.15) is 11.9 Å². The molecule has 0 unspecified atom stereocenters. The van der Waals surface area contributed by atoms with Crippen LogP contribution in [0.25, 0.3) is 16.9 Å². The molecule has 0 radical (unpaired) electrons.